The van der Waals surface area contributed by atoms with E-state index in [9.17, 15) is 24.3 Å². The molecule has 3 aromatic carbocycles. The van der Waals surface area contributed by atoms with Crippen molar-refractivity contribution in [3.63, 3.8) is 0 Å². The third-order valence-electron chi connectivity index (χ3n) is 5.68. The summed E-state index contributed by atoms with van der Waals surface area (Å²) in [5, 5.41) is 12.3. The van der Waals surface area contributed by atoms with Crippen molar-refractivity contribution in [3.8, 4) is 5.75 Å². The fraction of sp³-hybridized carbons (Fsp3) is 0.214. The maximum atomic E-state index is 13.3. The molecule has 10 heteroatoms. The Labute approximate surface area is 219 Å². The third kappa shape index (κ3) is 5.92. The maximum absolute atomic E-state index is 13.3. The van der Waals surface area contributed by atoms with Crippen molar-refractivity contribution in [3.05, 3.63) is 83.4 Å². The summed E-state index contributed by atoms with van der Waals surface area (Å²) >= 11 is 0. The number of rotatable bonds is 5. The van der Waals surface area contributed by atoms with Gasteiger partial charge in [0.1, 0.15) is 17.4 Å². The first-order chi connectivity index (χ1) is 17.9. The predicted molar refractivity (Wildman–Crippen MR) is 140 cm³/mol. The number of nitrogens with one attached hydrogen (secondary N) is 1. The van der Waals surface area contributed by atoms with Gasteiger partial charge in [0.15, 0.2) is 0 Å². The molecule has 0 spiro atoms. The summed E-state index contributed by atoms with van der Waals surface area (Å²) in [4.78, 5) is 51.1. The van der Waals surface area contributed by atoms with Gasteiger partial charge in [-0.1, -0.05) is 6.07 Å². The molecule has 1 aliphatic rings. The first kappa shape index (κ1) is 26.2. The molecule has 0 bridgehead atoms. The van der Waals surface area contributed by atoms with Crippen LogP contribution in [0.3, 0.4) is 0 Å². The smallest absolute Gasteiger partial charge is 0.412 e. The van der Waals surface area contributed by atoms with E-state index in [1.54, 1.807) is 45.0 Å². The number of carbonyl (C=O) groups is 4. The van der Waals surface area contributed by atoms with Crippen molar-refractivity contribution in [2.24, 2.45) is 0 Å². The number of carbonyl (C=O) groups excluding carboxylic acids is 3. The second-order valence-electron chi connectivity index (χ2n) is 9.74. The highest BCUT2D eigenvalue weighted by Crippen LogP contribution is 2.37. The molecule has 2 amide bonds. The molecular weight excluding hydrogens is 490 g/mol. The number of anilines is 3. The Kier molecular flexibility index (Phi) is 7.07. The molecule has 0 radical (unpaired) electrons. The van der Waals surface area contributed by atoms with Crippen molar-refractivity contribution in [2.75, 3.05) is 16.0 Å². The molecular formula is C28H27N3O7. The zero-order chi connectivity index (χ0) is 27.6. The molecule has 0 saturated heterocycles. The van der Waals surface area contributed by atoms with E-state index >= 15 is 0 Å². The molecule has 4 rings (SSSR count). The Balaban J connectivity index is 1.51. The number of carboxylic acid groups (broad SMARTS) is 1. The number of nitrogens with zero attached hydrogens (tertiary/aromatic N) is 1. The lowest BCUT2D eigenvalue weighted by Gasteiger charge is -2.23. The molecule has 1 heterocycles. The summed E-state index contributed by atoms with van der Waals surface area (Å²) in [7, 11) is 0. The third-order valence-corrected chi connectivity index (χ3v) is 5.68. The molecule has 3 aromatic rings. The highest BCUT2D eigenvalue weighted by atomic mass is 16.6. The summed E-state index contributed by atoms with van der Waals surface area (Å²) in [6.07, 6.45) is -0.505. The number of hydrogen-bond donors (Lipinski definition) is 3. The topological polar surface area (TPSA) is 148 Å². The van der Waals surface area contributed by atoms with Crippen LogP contribution in [0.2, 0.25) is 0 Å². The second kappa shape index (κ2) is 10.3. The number of benzene rings is 3. The van der Waals surface area contributed by atoms with Gasteiger partial charge in [-0.2, -0.15) is 0 Å². The number of aliphatic carboxylic acids is 1. The number of amides is 2. The Morgan fingerprint density at radius 3 is 2.18 bits per heavy atom. The van der Waals surface area contributed by atoms with Gasteiger partial charge in [-0.15, -0.1) is 0 Å². The lowest BCUT2D eigenvalue weighted by Crippen LogP contribution is -2.42. The van der Waals surface area contributed by atoms with E-state index < -0.39 is 35.6 Å². The van der Waals surface area contributed by atoms with Gasteiger partial charge in [-0.25, -0.2) is 14.4 Å². The second-order valence-corrected chi connectivity index (χ2v) is 9.74. The number of esters is 1. The maximum Gasteiger partial charge on any atom is 0.412 e. The van der Waals surface area contributed by atoms with E-state index in [1.165, 1.54) is 47.4 Å². The van der Waals surface area contributed by atoms with Crippen molar-refractivity contribution in [1.29, 1.82) is 0 Å². The SMILES string of the molecule is CC(C)(C)OC(=O)Nc1ccc(C(=O)Oc2ccc3c(c2)N(C(=O)c2ccc(N)cc2)C(C(=O)O)C3)cc1. The van der Waals surface area contributed by atoms with Crippen LogP contribution in [0, 0.1) is 0 Å². The summed E-state index contributed by atoms with van der Waals surface area (Å²) in [5.74, 6) is -2.18. The zero-order valence-corrected chi connectivity index (χ0v) is 21.1. The molecule has 0 saturated carbocycles. The minimum absolute atomic E-state index is 0.117. The quantitative estimate of drug-likeness (QED) is 0.255. The Hall–Kier alpha value is -4.86. The van der Waals surface area contributed by atoms with Crippen molar-refractivity contribution >= 4 is 41.0 Å². The highest BCUT2D eigenvalue weighted by molar-refractivity contribution is 6.11. The number of ether oxygens (including phenoxy) is 2. The van der Waals surface area contributed by atoms with Crippen LogP contribution in [-0.4, -0.2) is 40.7 Å². The molecule has 0 aliphatic carbocycles. The fourth-order valence-corrected chi connectivity index (χ4v) is 3.96. The van der Waals surface area contributed by atoms with Crippen molar-refractivity contribution in [1.82, 2.24) is 0 Å². The standard InChI is InChI=1S/C28H27N3O7/c1-28(2,3)38-27(36)30-20-11-6-17(7-12-20)26(35)37-21-13-8-18-14-23(25(33)34)31(22(18)15-21)24(32)16-4-9-19(29)10-5-16/h4-13,15,23H,14,29H2,1-3H3,(H,30,36)(H,33,34). The fourth-order valence-electron chi connectivity index (χ4n) is 3.96. The van der Waals surface area contributed by atoms with Gasteiger partial charge in [0.2, 0.25) is 0 Å². The van der Waals surface area contributed by atoms with Crippen LogP contribution in [0.5, 0.6) is 5.75 Å². The van der Waals surface area contributed by atoms with Gasteiger partial charge < -0.3 is 20.3 Å². The van der Waals surface area contributed by atoms with Crippen LogP contribution in [0.4, 0.5) is 21.9 Å². The Bertz CT molecular complexity index is 1390. The van der Waals surface area contributed by atoms with E-state index in [2.05, 4.69) is 5.32 Å². The van der Waals surface area contributed by atoms with Gasteiger partial charge in [0, 0.05) is 29.4 Å². The molecule has 10 nitrogen and oxygen atoms in total. The molecule has 4 N–H and O–H groups in total. The molecule has 1 atom stereocenters. The minimum atomic E-state index is -1.15. The van der Waals surface area contributed by atoms with E-state index in [1.807, 2.05) is 0 Å². The average molecular weight is 518 g/mol. The van der Waals surface area contributed by atoms with Gasteiger partial charge in [0.05, 0.1) is 11.3 Å². The van der Waals surface area contributed by atoms with Crippen LogP contribution in [0.15, 0.2) is 66.7 Å². The number of nitrogen functional groups attached to an aromatic ring is 1. The summed E-state index contributed by atoms with van der Waals surface area (Å²) in [6.45, 7) is 5.25. The van der Waals surface area contributed by atoms with Gasteiger partial charge >= 0.3 is 18.0 Å². The summed E-state index contributed by atoms with van der Waals surface area (Å²) in [5.41, 5.74) is 7.45. The monoisotopic (exact) mass is 517 g/mol. The minimum Gasteiger partial charge on any atom is -0.480 e. The lowest BCUT2D eigenvalue weighted by atomic mass is 10.1. The average Bonchev–Trinajstić information content (AvgIpc) is 3.22. The van der Waals surface area contributed by atoms with E-state index in [-0.39, 0.29) is 23.3 Å². The molecule has 0 fully saturated rings. The summed E-state index contributed by atoms with van der Waals surface area (Å²) in [6, 6.07) is 15.8. The molecule has 196 valence electrons. The number of nitrogens with two attached hydrogens (primary N) is 1. The van der Waals surface area contributed by atoms with Crippen LogP contribution in [0.25, 0.3) is 0 Å². The lowest BCUT2D eigenvalue weighted by molar-refractivity contribution is -0.138. The number of fused-ring (bicyclic) bond motifs is 1. The van der Waals surface area contributed by atoms with Crippen molar-refractivity contribution in [2.45, 2.75) is 38.8 Å². The van der Waals surface area contributed by atoms with Gasteiger partial charge in [0.25, 0.3) is 5.91 Å². The first-order valence-electron chi connectivity index (χ1n) is 11.8. The van der Waals surface area contributed by atoms with E-state index in [4.69, 9.17) is 15.2 Å². The van der Waals surface area contributed by atoms with Crippen LogP contribution < -0.4 is 20.7 Å². The first-order valence-corrected chi connectivity index (χ1v) is 11.8. The van der Waals surface area contributed by atoms with Crippen LogP contribution in [-0.2, 0) is 16.0 Å². The van der Waals surface area contributed by atoms with E-state index in [0.29, 0.717) is 22.6 Å². The predicted octanol–water partition coefficient (Wildman–Crippen LogP) is 4.49. The van der Waals surface area contributed by atoms with E-state index in [0.717, 1.165) is 0 Å². The van der Waals surface area contributed by atoms with Gasteiger partial charge in [-0.05, 0) is 80.9 Å². The van der Waals surface area contributed by atoms with Crippen LogP contribution in [0.1, 0.15) is 47.1 Å². The van der Waals surface area contributed by atoms with Gasteiger partial charge in [-0.3, -0.25) is 15.0 Å². The molecule has 0 aromatic heterocycles. The van der Waals surface area contributed by atoms with Crippen LogP contribution >= 0.6 is 0 Å². The Morgan fingerprint density at radius 2 is 1.58 bits per heavy atom. The molecule has 1 aliphatic heterocycles. The normalized spacial score (nSPS) is 14.4. The summed E-state index contributed by atoms with van der Waals surface area (Å²) < 4.78 is 10.7. The largest absolute Gasteiger partial charge is 0.480 e. The van der Waals surface area contributed by atoms with Crippen molar-refractivity contribution < 1.29 is 33.8 Å². The number of carboxylic acids is 1. The Morgan fingerprint density at radius 1 is 0.947 bits per heavy atom. The highest BCUT2D eigenvalue weighted by Gasteiger charge is 2.39. The molecule has 38 heavy (non-hydrogen) atoms. The molecule has 1 unspecified atom stereocenters. The zero-order valence-electron chi connectivity index (χ0n) is 21.1. The number of hydrogen-bond acceptors (Lipinski definition) is 7.